The minimum absolute atomic E-state index is 0.232. The molecule has 1 amide bonds. The molecule has 0 spiro atoms. The van der Waals surface area contributed by atoms with Gasteiger partial charge >= 0.3 is 0 Å². The van der Waals surface area contributed by atoms with E-state index in [0.29, 0.717) is 19.5 Å². The molecule has 0 aliphatic carbocycles. The molecule has 0 aromatic carbocycles. The number of amides is 1. The Kier molecular flexibility index (Phi) is 3.42. The highest BCUT2D eigenvalue weighted by Gasteiger charge is 2.28. The topological polar surface area (TPSA) is 40.6 Å². The first-order valence-electron chi connectivity index (χ1n) is 4.58. The Morgan fingerprint density at radius 3 is 2.54 bits per heavy atom. The lowest BCUT2D eigenvalue weighted by atomic mass is 10.3. The zero-order chi connectivity index (χ0) is 9.84. The van der Waals surface area contributed by atoms with E-state index < -0.39 is 0 Å². The normalized spacial score (nSPS) is 17.6. The summed E-state index contributed by atoms with van der Waals surface area (Å²) >= 11 is 0. The second-order valence-corrected chi connectivity index (χ2v) is 3.62. The van der Waals surface area contributed by atoms with Crippen molar-refractivity contribution in [2.45, 2.75) is 12.8 Å². The monoisotopic (exact) mass is 184 g/mol. The van der Waals surface area contributed by atoms with Gasteiger partial charge in [0.25, 0.3) is 5.91 Å². The van der Waals surface area contributed by atoms with Crippen LogP contribution in [0.4, 0.5) is 0 Å². The second kappa shape index (κ2) is 4.37. The average molecular weight is 184 g/mol. The van der Waals surface area contributed by atoms with Crippen LogP contribution in [0.1, 0.15) is 12.8 Å². The number of likely N-dealkylation sites (tertiary alicyclic amines) is 1. The van der Waals surface area contributed by atoms with Gasteiger partial charge in [-0.15, -0.1) is 0 Å². The number of carbonyl (C=O) groups is 2. The molecule has 0 unspecified atom stereocenters. The fraction of sp³-hybridized carbons (Fsp3) is 0.778. The molecule has 13 heavy (non-hydrogen) atoms. The third-order valence-corrected chi connectivity index (χ3v) is 2.17. The van der Waals surface area contributed by atoms with Gasteiger partial charge in [-0.1, -0.05) is 0 Å². The van der Waals surface area contributed by atoms with Crippen LogP contribution < -0.4 is 0 Å². The van der Waals surface area contributed by atoms with E-state index in [9.17, 15) is 9.59 Å². The van der Waals surface area contributed by atoms with Gasteiger partial charge in [-0.25, -0.2) is 0 Å². The van der Waals surface area contributed by atoms with Crippen LogP contribution in [-0.2, 0) is 9.59 Å². The third-order valence-electron chi connectivity index (χ3n) is 2.17. The summed E-state index contributed by atoms with van der Waals surface area (Å²) in [7, 11) is 3.99. The van der Waals surface area contributed by atoms with Crippen molar-refractivity contribution in [2.75, 3.05) is 33.7 Å². The Morgan fingerprint density at radius 2 is 2.08 bits per heavy atom. The molecule has 0 N–H and O–H groups in total. The van der Waals surface area contributed by atoms with Gasteiger partial charge in [0.1, 0.15) is 0 Å². The van der Waals surface area contributed by atoms with Crippen molar-refractivity contribution in [1.29, 1.82) is 0 Å². The zero-order valence-corrected chi connectivity index (χ0v) is 8.25. The molecule has 1 saturated heterocycles. The highest BCUT2D eigenvalue weighted by atomic mass is 16.2. The lowest BCUT2D eigenvalue weighted by Gasteiger charge is -2.15. The van der Waals surface area contributed by atoms with Crippen molar-refractivity contribution < 1.29 is 9.59 Å². The van der Waals surface area contributed by atoms with Crippen LogP contribution >= 0.6 is 0 Å². The van der Waals surface area contributed by atoms with Gasteiger partial charge in [0.15, 0.2) is 0 Å². The smallest absolute Gasteiger partial charge is 0.290 e. The Labute approximate surface area is 78.5 Å². The number of ketones is 1. The fourth-order valence-electron chi connectivity index (χ4n) is 1.41. The summed E-state index contributed by atoms with van der Waals surface area (Å²) in [4.78, 5) is 25.7. The Balaban J connectivity index is 2.23. The van der Waals surface area contributed by atoms with Crippen molar-refractivity contribution in [2.24, 2.45) is 0 Å². The lowest BCUT2D eigenvalue weighted by molar-refractivity contribution is -0.140. The van der Waals surface area contributed by atoms with Gasteiger partial charge < -0.3 is 9.80 Å². The Hall–Kier alpha value is -0.900. The van der Waals surface area contributed by atoms with E-state index in [-0.39, 0.29) is 11.7 Å². The average Bonchev–Trinajstić information content (AvgIpc) is 2.35. The summed E-state index contributed by atoms with van der Waals surface area (Å²) in [6.07, 6.45) is 1.34. The molecule has 1 fully saturated rings. The number of hydrogen-bond donors (Lipinski definition) is 0. The van der Waals surface area contributed by atoms with E-state index in [4.69, 9.17) is 0 Å². The van der Waals surface area contributed by atoms with Gasteiger partial charge in [0, 0.05) is 19.5 Å². The molecule has 1 aliphatic rings. The minimum atomic E-state index is -0.293. The van der Waals surface area contributed by atoms with Gasteiger partial charge in [0.2, 0.25) is 5.78 Å². The van der Waals surface area contributed by atoms with Crippen LogP contribution in [0.2, 0.25) is 0 Å². The first-order chi connectivity index (χ1) is 6.11. The highest BCUT2D eigenvalue weighted by molar-refractivity contribution is 6.37. The van der Waals surface area contributed by atoms with E-state index in [0.717, 1.165) is 13.0 Å². The largest absolute Gasteiger partial charge is 0.336 e. The van der Waals surface area contributed by atoms with Crippen molar-refractivity contribution in [3.05, 3.63) is 0 Å². The molecule has 0 atom stereocenters. The molecule has 0 saturated carbocycles. The molecule has 0 aromatic heterocycles. The fourth-order valence-corrected chi connectivity index (χ4v) is 1.41. The zero-order valence-electron chi connectivity index (χ0n) is 8.25. The van der Waals surface area contributed by atoms with Gasteiger partial charge in [-0.2, -0.15) is 0 Å². The van der Waals surface area contributed by atoms with E-state index in [2.05, 4.69) is 4.90 Å². The Bertz CT molecular complexity index is 214. The van der Waals surface area contributed by atoms with Crippen LogP contribution in [0, 0.1) is 0 Å². The van der Waals surface area contributed by atoms with Crippen LogP contribution in [0.15, 0.2) is 0 Å². The highest BCUT2D eigenvalue weighted by Crippen LogP contribution is 2.06. The summed E-state index contributed by atoms with van der Waals surface area (Å²) in [5, 5.41) is 0. The molecule has 1 heterocycles. The maximum atomic E-state index is 11.1. The molecule has 0 radical (unpaired) electrons. The van der Waals surface area contributed by atoms with E-state index >= 15 is 0 Å². The predicted octanol–water partition coefficient (Wildman–Crippen LogP) is -0.261. The molecule has 4 nitrogen and oxygen atoms in total. The third kappa shape index (κ3) is 2.81. The van der Waals surface area contributed by atoms with E-state index in [1.54, 1.807) is 4.90 Å². The molecule has 74 valence electrons. The van der Waals surface area contributed by atoms with Crippen molar-refractivity contribution in [1.82, 2.24) is 9.80 Å². The van der Waals surface area contributed by atoms with Gasteiger partial charge in [-0.05, 0) is 27.1 Å². The standard InChI is InChI=1S/C9H16N2O2/c1-10(2)5-3-6-11-7-4-8(12)9(11)13/h3-7H2,1-2H3. The van der Waals surface area contributed by atoms with Gasteiger partial charge in [-0.3, -0.25) is 9.59 Å². The lowest BCUT2D eigenvalue weighted by Crippen LogP contribution is -2.30. The van der Waals surface area contributed by atoms with Crippen molar-refractivity contribution in [3.63, 3.8) is 0 Å². The number of hydrogen-bond acceptors (Lipinski definition) is 3. The van der Waals surface area contributed by atoms with Crippen molar-refractivity contribution >= 4 is 11.7 Å². The van der Waals surface area contributed by atoms with Crippen LogP contribution in [-0.4, -0.2) is 55.2 Å². The number of carbonyl (C=O) groups excluding carboxylic acids is 2. The molecular weight excluding hydrogens is 168 g/mol. The molecule has 4 heteroatoms. The van der Waals surface area contributed by atoms with Crippen LogP contribution in [0.25, 0.3) is 0 Å². The summed E-state index contributed by atoms with van der Waals surface area (Å²) in [5.74, 6) is -0.524. The number of nitrogens with zero attached hydrogens (tertiary/aromatic N) is 2. The number of Topliss-reactive ketones (excluding diaryl/α,β-unsaturated/α-hetero) is 1. The quantitative estimate of drug-likeness (QED) is 0.565. The Morgan fingerprint density at radius 1 is 1.38 bits per heavy atom. The second-order valence-electron chi connectivity index (χ2n) is 3.62. The first-order valence-corrected chi connectivity index (χ1v) is 4.58. The van der Waals surface area contributed by atoms with E-state index in [1.165, 1.54) is 0 Å². The van der Waals surface area contributed by atoms with Crippen molar-refractivity contribution in [3.8, 4) is 0 Å². The summed E-state index contributed by atoms with van der Waals surface area (Å²) in [6.45, 7) is 2.28. The SMILES string of the molecule is CN(C)CCCN1CCC(=O)C1=O. The van der Waals surface area contributed by atoms with Crippen LogP contribution in [0.5, 0.6) is 0 Å². The summed E-state index contributed by atoms with van der Waals surface area (Å²) < 4.78 is 0. The van der Waals surface area contributed by atoms with Gasteiger partial charge in [0.05, 0.1) is 0 Å². The first kappa shape index (κ1) is 10.2. The number of rotatable bonds is 4. The molecule has 1 aliphatic heterocycles. The molecule has 0 aromatic rings. The molecule has 1 rings (SSSR count). The molecule has 0 bridgehead atoms. The summed E-state index contributed by atoms with van der Waals surface area (Å²) in [5.41, 5.74) is 0. The predicted molar refractivity (Wildman–Crippen MR) is 49.4 cm³/mol. The minimum Gasteiger partial charge on any atom is -0.336 e. The summed E-state index contributed by atoms with van der Waals surface area (Å²) in [6, 6.07) is 0. The van der Waals surface area contributed by atoms with Crippen LogP contribution in [0.3, 0.4) is 0 Å². The maximum absolute atomic E-state index is 11.1. The maximum Gasteiger partial charge on any atom is 0.290 e. The molecular formula is C9H16N2O2. The van der Waals surface area contributed by atoms with E-state index in [1.807, 2.05) is 14.1 Å².